The second-order valence-electron chi connectivity index (χ2n) is 5.13. The van der Waals surface area contributed by atoms with Crippen molar-refractivity contribution in [3.8, 4) is 0 Å². The SMILES string of the molecule is Cc1cccc(C(=O)Nc2cccc(NC(=O)c3cccs3)c2)n1. The van der Waals surface area contributed by atoms with Crippen LogP contribution in [0, 0.1) is 6.92 Å². The van der Waals surface area contributed by atoms with E-state index in [4.69, 9.17) is 0 Å². The first-order valence-electron chi connectivity index (χ1n) is 7.32. The third-order valence-electron chi connectivity index (χ3n) is 3.24. The molecule has 2 amide bonds. The minimum atomic E-state index is -0.291. The van der Waals surface area contributed by atoms with Crippen LogP contribution in [-0.2, 0) is 0 Å². The number of carbonyl (C=O) groups excluding carboxylic acids is 2. The number of nitrogens with one attached hydrogen (secondary N) is 2. The molecule has 0 aliphatic heterocycles. The molecule has 3 rings (SSSR count). The van der Waals surface area contributed by atoms with Gasteiger partial charge in [0, 0.05) is 17.1 Å². The molecule has 2 aromatic heterocycles. The molecule has 0 bridgehead atoms. The fourth-order valence-corrected chi connectivity index (χ4v) is 2.76. The van der Waals surface area contributed by atoms with Gasteiger partial charge in [-0.25, -0.2) is 4.98 Å². The van der Waals surface area contributed by atoms with Gasteiger partial charge in [-0.2, -0.15) is 0 Å². The summed E-state index contributed by atoms with van der Waals surface area (Å²) in [5.74, 6) is -0.464. The summed E-state index contributed by atoms with van der Waals surface area (Å²) in [6, 6.07) is 15.9. The number of amides is 2. The molecule has 2 N–H and O–H groups in total. The Morgan fingerprint density at radius 2 is 1.62 bits per heavy atom. The van der Waals surface area contributed by atoms with E-state index in [1.807, 2.05) is 24.4 Å². The van der Waals surface area contributed by atoms with E-state index < -0.39 is 0 Å². The molecule has 24 heavy (non-hydrogen) atoms. The molecule has 0 saturated heterocycles. The number of aryl methyl sites for hydroxylation is 1. The highest BCUT2D eigenvalue weighted by atomic mass is 32.1. The first kappa shape index (κ1) is 15.9. The van der Waals surface area contributed by atoms with Crippen LogP contribution in [0.5, 0.6) is 0 Å². The topological polar surface area (TPSA) is 71.1 Å². The molecule has 5 nitrogen and oxygen atoms in total. The summed E-state index contributed by atoms with van der Waals surface area (Å²) >= 11 is 1.37. The van der Waals surface area contributed by atoms with Crippen LogP contribution in [0.15, 0.2) is 60.0 Å². The van der Waals surface area contributed by atoms with Crippen molar-refractivity contribution in [2.45, 2.75) is 6.92 Å². The number of nitrogens with zero attached hydrogens (tertiary/aromatic N) is 1. The molecular weight excluding hydrogens is 322 g/mol. The first-order chi connectivity index (χ1) is 11.6. The summed E-state index contributed by atoms with van der Waals surface area (Å²) in [5, 5.41) is 7.44. The standard InChI is InChI=1S/C18H15N3O2S/c1-12-5-2-8-15(19-12)17(22)20-13-6-3-7-14(11-13)21-18(23)16-9-4-10-24-16/h2-11H,1H3,(H,20,22)(H,21,23). The first-order valence-corrected chi connectivity index (χ1v) is 8.20. The van der Waals surface area contributed by atoms with Gasteiger partial charge >= 0.3 is 0 Å². The second-order valence-corrected chi connectivity index (χ2v) is 6.08. The number of pyridine rings is 1. The quantitative estimate of drug-likeness (QED) is 0.757. The van der Waals surface area contributed by atoms with E-state index in [2.05, 4.69) is 15.6 Å². The monoisotopic (exact) mass is 337 g/mol. The Morgan fingerprint density at radius 1 is 0.917 bits per heavy atom. The maximum Gasteiger partial charge on any atom is 0.274 e. The predicted molar refractivity (Wildman–Crippen MR) is 95.6 cm³/mol. The highest BCUT2D eigenvalue weighted by molar-refractivity contribution is 7.12. The van der Waals surface area contributed by atoms with Gasteiger partial charge in [-0.15, -0.1) is 11.3 Å². The smallest absolute Gasteiger partial charge is 0.274 e. The summed E-state index contributed by atoms with van der Waals surface area (Å²) in [4.78, 5) is 29.1. The van der Waals surface area contributed by atoms with Crippen molar-refractivity contribution in [1.82, 2.24) is 4.98 Å². The van der Waals surface area contributed by atoms with E-state index in [0.29, 0.717) is 21.9 Å². The molecule has 1 aromatic carbocycles. The Balaban J connectivity index is 1.71. The van der Waals surface area contributed by atoms with Crippen molar-refractivity contribution in [2.24, 2.45) is 0 Å². The van der Waals surface area contributed by atoms with Crippen LogP contribution >= 0.6 is 11.3 Å². The Morgan fingerprint density at radius 3 is 2.29 bits per heavy atom. The van der Waals surface area contributed by atoms with Crippen LogP contribution in [0.3, 0.4) is 0 Å². The van der Waals surface area contributed by atoms with Gasteiger partial charge in [0.05, 0.1) is 4.88 Å². The fourth-order valence-electron chi connectivity index (χ4n) is 2.14. The summed E-state index contributed by atoms with van der Waals surface area (Å²) in [6.45, 7) is 1.83. The van der Waals surface area contributed by atoms with E-state index in [9.17, 15) is 9.59 Å². The summed E-state index contributed by atoms with van der Waals surface area (Å²) in [5.41, 5.74) is 2.33. The molecular formula is C18H15N3O2S. The highest BCUT2D eigenvalue weighted by Crippen LogP contribution is 2.18. The molecule has 0 aliphatic rings. The van der Waals surface area contributed by atoms with Gasteiger partial charge in [-0.05, 0) is 48.7 Å². The van der Waals surface area contributed by atoms with Gasteiger partial charge in [-0.3, -0.25) is 9.59 Å². The molecule has 120 valence electrons. The zero-order valence-corrected chi connectivity index (χ0v) is 13.8. The molecule has 0 fully saturated rings. The van der Waals surface area contributed by atoms with Crippen LogP contribution in [0.4, 0.5) is 11.4 Å². The number of anilines is 2. The van der Waals surface area contributed by atoms with Crippen molar-refractivity contribution in [2.75, 3.05) is 10.6 Å². The molecule has 0 atom stereocenters. The van der Waals surface area contributed by atoms with Gasteiger partial charge in [0.2, 0.25) is 0 Å². The third-order valence-corrected chi connectivity index (χ3v) is 4.11. The van der Waals surface area contributed by atoms with Crippen LogP contribution in [0.25, 0.3) is 0 Å². The maximum absolute atomic E-state index is 12.2. The fraction of sp³-hybridized carbons (Fsp3) is 0.0556. The molecule has 2 heterocycles. The number of benzene rings is 1. The minimum Gasteiger partial charge on any atom is -0.321 e. The lowest BCUT2D eigenvalue weighted by Crippen LogP contribution is -2.14. The normalized spacial score (nSPS) is 10.2. The van der Waals surface area contributed by atoms with Crippen LogP contribution in [0.2, 0.25) is 0 Å². The van der Waals surface area contributed by atoms with E-state index in [1.165, 1.54) is 11.3 Å². The van der Waals surface area contributed by atoms with Gasteiger partial charge in [-0.1, -0.05) is 18.2 Å². The lowest BCUT2D eigenvalue weighted by atomic mass is 10.2. The van der Waals surface area contributed by atoms with Gasteiger partial charge in [0.15, 0.2) is 0 Å². The summed E-state index contributed by atoms with van der Waals surface area (Å²) in [6.07, 6.45) is 0. The van der Waals surface area contributed by atoms with Gasteiger partial charge in [0.25, 0.3) is 11.8 Å². The van der Waals surface area contributed by atoms with Crippen molar-refractivity contribution in [3.63, 3.8) is 0 Å². The van der Waals surface area contributed by atoms with Gasteiger partial charge < -0.3 is 10.6 Å². The van der Waals surface area contributed by atoms with Crippen LogP contribution in [0.1, 0.15) is 25.9 Å². The van der Waals surface area contributed by atoms with E-state index in [-0.39, 0.29) is 11.8 Å². The van der Waals surface area contributed by atoms with E-state index in [0.717, 1.165) is 5.69 Å². The van der Waals surface area contributed by atoms with Crippen molar-refractivity contribution >= 4 is 34.5 Å². The summed E-state index contributed by atoms with van der Waals surface area (Å²) in [7, 11) is 0. The van der Waals surface area contributed by atoms with Crippen molar-refractivity contribution < 1.29 is 9.59 Å². The van der Waals surface area contributed by atoms with Crippen LogP contribution < -0.4 is 10.6 Å². The molecule has 0 spiro atoms. The van der Waals surface area contributed by atoms with Gasteiger partial charge in [0.1, 0.15) is 5.69 Å². The largest absolute Gasteiger partial charge is 0.321 e. The average Bonchev–Trinajstić information content (AvgIpc) is 3.10. The number of hydrogen-bond acceptors (Lipinski definition) is 4. The predicted octanol–water partition coefficient (Wildman–Crippen LogP) is 3.96. The Bertz CT molecular complexity index is 875. The van der Waals surface area contributed by atoms with Crippen molar-refractivity contribution in [3.05, 3.63) is 76.2 Å². The number of carbonyl (C=O) groups is 2. The highest BCUT2D eigenvalue weighted by Gasteiger charge is 2.10. The Kier molecular flexibility index (Phi) is 4.67. The average molecular weight is 337 g/mol. The lowest BCUT2D eigenvalue weighted by Gasteiger charge is -2.08. The maximum atomic E-state index is 12.2. The molecule has 6 heteroatoms. The molecule has 0 radical (unpaired) electrons. The Hall–Kier alpha value is -2.99. The molecule has 3 aromatic rings. The lowest BCUT2D eigenvalue weighted by molar-refractivity contribution is 0.101. The Labute approximate surface area is 143 Å². The van der Waals surface area contributed by atoms with E-state index in [1.54, 1.807) is 42.5 Å². The number of aromatic nitrogens is 1. The number of hydrogen-bond donors (Lipinski definition) is 2. The zero-order valence-electron chi connectivity index (χ0n) is 12.9. The molecule has 0 unspecified atom stereocenters. The zero-order chi connectivity index (χ0) is 16.9. The number of rotatable bonds is 4. The third kappa shape index (κ3) is 3.85. The molecule has 0 aliphatic carbocycles. The number of thiophene rings is 1. The minimum absolute atomic E-state index is 0.172. The van der Waals surface area contributed by atoms with Crippen LogP contribution in [-0.4, -0.2) is 16.8 Å². The van der Waals surface area contributed by atoms with E-state index >= 15 is 0 Å². The molecule has 0 saturated carbocycles. The summed E-state index contributed by atoms with van der Waals surface area (Å²) < 4.78 is 0. The van der Waals surface area contributed by atoms with Crippen molar-refractivity contribution in [1.29, 1.82) is 0 Å². The second kappa shape index (κ2) is 7.06.